The Bertz CT molecular complexity index is 1700. The maximum atomic E-state index is 15.3. The Morgan fingerprint density at radius 1 is 1.00 bits per heavy atom. The van der Waals surface area contributed by atoms with Gasteiger partial charge < -0.3 is 19.1 Å². The van der Waals surface area contributed by atoms with Gasteiger partial charge in [-0.3, -0.25) is 0 Å². The van der Waals surface area contributed by atoms with Crippen LogP contribution in [0.15, 0.2) is 71.7 Å². The Balaban J connectivity index is 1.65. The van der Waals surface area contributed by atoms with Crippen molar-refractivity contribution in [3.8, 4) is 28.6 Å². The average molecular weight is 618 g/mol. The lowest BCUT2D eigenvalue weighted by Gasteiger charge is -2.15. The highest BCUT2D eigenvalue weighted by Crippen LogP contribution is 2.42. The first-order valence-electron chi connectivity index (χ1n) is 11.4. The van der Waals surface area contributed by atoms with Crippen LogP contribution in [0.5, 0.6) is 11.6 Å². The van der Waals surface area contributed by atoms with E-state index in [2.05, 4.69) is 35.9 Å². The van der Waals surface area contributed by atoms with E-state index in [0.717, 1.165) is 18.0 Å². The molecule has 0 fully saturated rings. The molecule has 14 heteroatoms. The number of aromatic carboxylic acids is 1. The first-order valence-corrected chi connectivity index (χ1v) is 12.2. The van der Waals surface area contributed by atoms with Gasteiger partial charge in [0.05, 0.1) is 10.2 Å². The van der Waals surface area contributed by atoms with Crippen molar-refractivity contribution in [3.63, 3.8) is 0 Å². The van der Waals surface area contributed by atoms with Crippen molar-refractivity contribution >= 4 is 32.9 Å². The number of rotatable bonds is 8. The number of halogens is 5. The van der Waals surface area contributed by atoms with Crippen LogP contribution in [0, 0.1) is 5.82 Å². The van der Waals surface area contributed by atoms with Crippen molar-refractivity contribution in [1.82, 2.24) is 24.5 Å². The summed E-state index contributed by atoms with van der Waals surface area (Å²) >= 11 is 3.41. The molecule has 0 atom stereocenters. The molecule has 0 aliphatic carbocycles. The minimum absolute atomic E-state index is 0.00621. The van der Waals surface area contributed by atoms with E-state index < -0.39 is 36.3 Å². The first-order chi connectivity index (χ1) is 19.1. The second kappa shape index (κ2) is 10.9. The van der Waals surface area contributed by atoms with E-state index >= 15 is 4.39 Å². The van der Waals surface area contributed by atoms with Crippen LogP contribution in [0.4, 0.5) is 17.6 Å². The zero-order valence-corrected chi connectivity index (χ0v) is 21.6. The number of carboxylic acid groups (broad SMARTS) is 1. The number of hydrogen-bond donors (Lipinski definition) is 1. The first kappa shape index (κ1) is 27.0. The van der Waals surface area contributed by atoms with Gasteiger partial charge in [-0.15, -0.1) is 0 Å². The highest BCUT2D eigenvalue weighted by molar-refractivity contribution is 9.10. The highest BCUT2D eigenvalue weighted by atomic mass is 79.9. The molecule has 0 aliphatic rings. The highest BCUT2D eigenvalue weighted by Gasteiger charge is 2.31. The van der Waals surface area contributed by atoms with Gasteiger partial charge in [-0.2, -0.15) is 18.2 Å². The fraction of sp³-hybridized carbons (Fsp3) is 0.115. The summed E-state index contributed by atoms with van der Waals surface area (Å²) in [5.41, 5.74) is 1.61. The van der Waals surface area contributed by atoms with Crippen LogP contribution in [0.2, 0.25) is 0 Å². The minimum atomic E-state index is -4.65. The largest absolute Gasteiger partial charge is 0.486 e. The zero-order valence-electron chi connectivity index (χ0n) is 20.1. The van der Waals surface area contributed by atoms with Crippen molar-refractivity contribution < 1.29 is 36.9 Å². The second-order valence-corrected chi connectivity index (χ2v) is 9.06. The van der Waals surface area contributed by atoms with E-state index in [1.165, 1.54) is 29.1 Å². The molecule has 0 bridgehead atoms. The molecule has 3 heterocycles. The smallest absolute Gasteiger partial charge is 0.422 e. The molecule has 5 rings (SSSR count). The summed E-state index contributed by atoms with van der Waals surface area (Å²) in [5.74, 6) is -3.04. The van der Waals surface area contributed by atoms with Crippen LogP contribution in [0.25, 0.3) is 28.0 Å². The maximum Gasteiger partial charge on any atom is 0.422 e. The molecule has 3 aromatic heterocycles. The third-order valence-corrected chi connectivity index (χ3v) is 6.30. The van der Waals surface area contributed by atoms with Gasteiger partial charge in [0.1, 0.15) is 24.0 Å². The van der Waals surface area contributed by atoms with Gasteiger partial charge in [-0.25, -0.2) is 24.1 Å². The lowest BCUT2D eigenvalue weighted by Crippen LogP contribution is -2.20. The summed E-state index contributed by atoms with van der Waals surface area (Å²) in [4.78, 5) is 26.9. The molecule has 2 aromatic carbocycles. The number of alkyl halides is 3. The third kappa shape index (κ3) is 5.57. The van der Waals surface area contributed by atoms with Gasteiger partial charge in [0.15, 0.2) is 18.2 Å². The van der Waals surface area contributed by atoms with Crippen molar-refractivity contribution in [2.45, 2.75) is 12.8 Å². The van der Waals surface area contributed by atoms with E-state index in [1.807, 2.05) is 30.3 Å². The van der Waals surface area contributed by atoms with Crippen LogP contribution in [0.3, 0.4) is 0 Å². The van der Waals surface area contributed by atoms with Gasteiger partial charge in [0.25, 0.3) is 0 Å². The normalized spacial score (nSPS) is 11.5. The topological polar surface area (TPSA) is 112 Å². The molecule has 0 radical (unpaired) electrons. The van der Waals surface area contributed by atoms with Crippen molar-refractivity contribution in [2.75, 3.05) is 6.61 Å². The molecule has 0 amide bonds. The Hall–Kier alpha value is -4.59. The fourth-order valence-electron chi connectivity index (χ4n) is 3.86. The van der Waals surface area contributed by atoms with Gasteiger partial charge in [-0.05, 0) is 33.6 Å². The number of carbonyl (C=O) groups is 1. The summed E-state index contributed by atoms with van der Waals surface area (Å²) in [6, 6.07) is 13.1. The Morgan fingerprint density at radius 2 is 1.73 bits per heavy atom. The summed E-state index contributed by atoms with van der Waals surface area (Å²) in [6.07, 6.45) is -1.20. The molecule has 40 heavy (non-hydrogen) atoms. The Kier molecular flexibility index (Phi) is 7.34. The molecule has 0 spiro atoms. The molecule has 0 unspecified atom stereocenters. The number of hydrogen-bond acceptors (Lipinski definition) is 7. The zero-order chi connectivity index (χ0) is 28.4. The van der Waals surface area contributed by atoms with Gasteiger partial charge in [0, 0.05) is 29.7 Å². The number of benzene rings is 2. The monoisotopic (exact) mass is 617 g/mol. The van der Waals surface area contributed by atoms with E-state index in [-0.39, 0.29) is 44.8 Å². The third-order valence-electron chi connectivity index (χ3n) is 5.55. The number of ether oxygens (including phenoxy) is 2. The van der Waals surface area contributed by atoms with Gasteiger partial charge >= 0.3 is 12.1 Å². The summed E-state index contributed by atoms with van der Waals surface area (Å²) < 4.78 is 66.5. The van der Waals surface area contributed by atoms with Crippen molar-refractivity contribution in [1.29, 1.82) is 0 Å². The fourth-order valence-corrected chi connectivity index (χ4v) is 4.56. The summed E-state index contributed by atoms with van der Waals surface area (Å²) in [7, 11) is 0. The molecular formula is C26H16BrF4N5O4. The summed E-state index contributed by atoms with van der Waals surface area (Å²) in [5, 5.41) is 9.16. The minimum Gasteiger partial charge on any atom is -0.486 e. The van der Waals surface area contributed by atoms with Crippen LogP contribution in [0.1, 0.15) is 16.2 Å². The Morgan fingerprint density at radius 3 is 2.38 bits per heavy atom. The van der Waals surface area contributed by atoms with Crippen LogP contribution in [-0.4, -0.2) is 48.4 Å². The molecule has 0 saturated heterocycles. The van der Waals surface area contributed by atoms with E-state index in [4.69, 9.17) is 14.6 Å². The number of aromatic nitrogens is 5. The molecule has 5 aromatic rings. The lowest BCUT2D eigenvalue weighted by atomic mass is 10.2. The second-order valence-electron chi connectivity index (χ2n) is 8.27. The van der Waals surface area contributed by atoms with Gasteiger partial charge in [-0.1, -0.05) is 30.3 Å². The molecule has 9 nitrogen and oxygen atoms in total. The standard InChI is InChI=1S/C26H16BrF4N5O4/c27-19-20-22(24(35-13-34-20)40-12-26(29,30)31)36(21(19)15-9-32-23(25(37)38)33-10-15)16-6-7-18(17(28)8-16)39-11-14-4-2-1-3-5-14/h1-10,13H,11-12H2,(H,37,38). The predicted octanol–water partition coefficient (Wildman–Crippen LogP) is 6.00. The van der Waals surface area contributed by atoms with Crippen LogP contribution < -0.4 is 9.47 Å². The van der Waals surface area contributed by atoms with Crippen LogP contribution in [-0.2, 0) is 6.61 Å². The van der Waals surface area contributed by atoms with E-state index in [1.54, 1.807) is 0 Å². The molecule has 0 aliphatic heterocycles. The van der Waals surface area contributed by atoms with Gasteiger partial charge in [0.2, 0.25) is 11.7 Å². The lowest BCUT2D eigenvalue weighted by molar-refractivity contribution is -0.153. The number of nitrogens with zero attached hydrogens (tertiary/aromatic N) is 5. The van der Waals surface area contributed by atoms with Crippen molar-refractivity contribution in [2.24, 2.45) is 0 Å². The van der Waals surface area contributed by atoms with E-state index in [0.29, 0.717) is 0 Å². The molecule has 0 saturated carbocycles. The molecular weight excluding hydrogens is 602 g/mol. The molecule has 204 valence electrons. The SMILES string of the molecule is O=C(O)c1ncc(-c2c(Br)c3ncnc(OCC(F)(F)F)c3n2-c2ccc(OCc3ccccc3)c(F)c2)cn1. The quantitative estimate of drug-likeness (QED) is 0.211. The maximum absolute atomic E-state index is 15.3. The van der Waals surface area contributed by atoms with Crippen LogP contribution >= 0.6 is 15.9 Å². The Labute approximate surface area is 231 Å². The van der Waals surface area contributed by atoms with E-state index in [9.17, 15) is 18.0 Å². The number of fused-ring (bicyclic) bond motifs is 1. The predicted molar refractivity (Wildman–Crippen MR) is 137 cm³/mol. The average Bonchev–Trinajstić information content (AvgIpc) is 3.24. The number of carboxylic acids is 1. The van der Waals surface area contributed by atoms with Crippen molar-refractivity contribution in [3.05, 3.63) is 88.9 Å². The molecule has 1 N–H and O–H groups in total. The summed E-state index contributed by atoms with van der Waals surface area (Å²) in [6.45, 7) is -1.52.